The minimum Gasteiger partial charge on any atom is -0.335 e. The maximum atomic E-state index is 11.5. The number of aryl methyl sites for hydroxylation is 1. The van der Waals surface area contributed by atoms with Crippen LogP contribution >= 0.6 is 11.3 Å². The van der Waals surface area contributed by atoms with Gasteiger partial charge in [-0.15, -0.1) is 11.3 Å². The van der Waals surface area contributed by atoms with Gasteiger partial charge in [0.15, 0.2) is 0 Å². The van der Waals surface area contributed by atoms with Crippen LogP contribution in [0.1, 0.15) is 24.8 Å². The van der Waals surface area contributed by atoms with E-state index in [9.17, 15) is 4.79 Å². The third kappa shape index (κ3) is 2.92. The fraction of sp³-hybridized carbons (Fsp3) is 0.600. The monoisotopic (exact) mass is 225 g/mol. The van der Waals surface area contributed by atoms with Crippen molar-refractivity contribution in [3.05, 3.63) is 10.4 Å². The Labute approximate surface area is 93.1 Å². The summed E-state index contributed by atoms with van der Waals surface area (Å²) in [5, 5.41) is 8.44. The van der Waals surface area contributed by atoms with Crippen LogP contribution in [0.2, 0.25) is 0 Å². The molecule has 1 aliphatic carbocycles. The minimum atomic E-state index is -0.153. The number of urea groups is 1. The Kier molecular flexibility index (Phi) is 2.90. The molecule has 2 N–H and O–H groups in total. The van der Waals surface area contributed by atoms with E-state index in [0.29, 0.717) is 11.7 Å². The molecule has 0 aliphatic heterocycles. The van der Waals surface area contributed by atoms with E-state index in [1.54, 1.807) is 0 Å². The van der Waals surface area contributed by atoms with Crippen molar-refractivity contribution in [2.45, 2.75) is 32.7 Å². The molecule has 4 nitrogen and oxygen atoms in total. The van der Waals surface area contributed by atoms with Gasteiger partial charge in [-0.1, -0.05) is 0 Å². The number of rotatable bonds is 3. The molecule has 82 valence electrons. The molecular weight excluding hydrogens is 210 g/mol. The molecule has 15 heavy (non-hydrogen) atoms. The average molecular weight is 225 g/mol. The second kappa shape index (κ2) is 4.18. The van der Waals surface area contributed by atoms with Gasteiger partial charge in [0.2, 0.25) is 0 Å². The number of thiazole rings is 1. The number of hydrogen-bond donors (Lipinski definition) is 2. The first-order valence-electron chi connectivity index (χ1n) is 5.15. The highest BCUT2D eigenvalue weighted by Crippen LogP contribution is 2.32. The smallest absolute Gasteiger partial charge is 0.320 e. The molecule has 1 unspecified atom stereocenters. The standard InChI is InChI=1S/C10H15N3OS/c1-6(8-3-4-8)11-10(14)13-9-5-15-7(2)12-9/h5-6,8H,3-4H2,1-2H3,(H2,11,13,14). The predicted octanol–water partition coefficient (Wildman–Crippen LogP) is 2.37. The van der Waals surface area contributed by atoms with Gasteiger partial charge in [-0.2, -0.15) is 0 Å². The van der Waals surface area contributed by atoms with Crippen LogP contribution in [0.4, 0.5) is 10.6 Å². The lowest BCUT2D eigenvalue weighted by atomic mass is 10.2. The SMILES string of the molecule is Cc1nc(NC(=O)NC(C)C2CC2)cs1. The minimum absolute atomic E-state index is 0.153. The predicted molar refractivity (Wildman–Crippen MR) is 61.2 cm³/mol. The summed E-state index contributed by atoms with van der Waals surface area (Å²) in [7, 11) is 0. The number of carbonyl (C=O) groups is 1. The Hall–Kier alpha value is -1.10. The lowest BCUT2D eigenvalue weighted by Gasteiger charge is -2.12. The number of nitrogens with one attached hydrogen (secondary N) is 2. The van der Waals surface area contributed by atoms with Crippen molar-refractivity contribution >= 4 is 23.2 Å². The van der Waals surface area contributed by atoms with Crippen LogP contribution in [-0.2, 0) is 0 Å². The Morgan fingerprint density at radius 2 is 2.40 bits per heavy atom. The molecule has 2 amide bonds. The van der Waals surface area contributed by atoms with Crippen LogP contribution in [-0.4, -0.2) is 17.1 Å². The Morgan fingerprint density at radius 3 is 2.93 bits per heavy atom. The maximum Gasteiger partial charge on any atom is 0.320 e. The first kappa shape index (κ1) is 10.4. The summed E-state index contributed by atoms with van der Waals surface area (Å²) >= 11 is 1.53. The Morgan fingerprint density at radius 1 is 1.67 bits per heavy atom. The summed E-state index contributed by atoms with van der Waals surface area (Å²) in [6.07, 6.45) is 2.47. The zero-order valence-electron chi connectivity index (χ0n) is 8.91. The van der Waals surface area contributed by atoms with Crippen LogP contribution in [0.3, 0.4) is 0 Å². The summed E-state index contributed by atoms with van der Waals surface area (Å²) in [4.78, 5) is 15.7. The molecular formula is C10H15N3OS. The number of amides is 2. The Balaban J connectivity index is 1.81. The molecule has 5 heteroatoms. The maximum absolute atomic E-state index is 11.5. The number of hydrogen-bond acceptors (Lipinski definition) is 3. The number of nitrogens with zero attached hydrogens (tertiary/aromatic N) is 1. The molecule has 1 atom stereocenters. The van der Waals surface area contributed by atoms with Crippen molar-refractivity contribution in [1.82, 2.24) is 10.3 Å². The van der Waals surface area contributed by atoms with Gasteiger partial charge < -0.3 is 5.32 Å². The van der Waals surface area contributed by atoms with Crippen molar-refractivity contribution in [3.63, 3.8) is 0 Å². The summed E-state index contributed by atoms with van der Waals surface area (Å²) < 4.78 is 0. The van der Waals surface area contributed by atoms with Gasteiger partial charge in [-0.3, -0.25) is 5.32 Å². The van der Waals surface area contributed by atoms with Crippen LogP contribution in [0.25, 0.3) is 0 Å². The molecule has 1 saturated carbocycles. The second-order valence-electron chi connectivity index (χ2n) is 3.98. The van der Waals surface area contributed by atoms with E-state index in [2.05, 4.69) is 15.6 Å². The van der Waals surface area contributed by atoms with E-state index in [-0.39, 0.29) is 12.1 Å². The molecule has 1 aromatic rings. The molecule has 1 aliphatic rings. The first-order chi connectivity index (χ1) is 7.15. The van der Waals surface area contributed by atoms with Gasteiger partial charge in [0, 0.05) is 11.4 Å². The number of anilines is 1. The highest BCUT2D eigenvalue weighted by atomic mass is 32.1. The average Bonchev–Trinajstić information content (AvgIpc) is 2.92. The van der Waals surface area contributed by atoms with Gasteiger partial charge >= 0.3 is 6.03 Å². The van der Waals surface area contributed by atoms with Crippen molar-refractivity contribution in [2.24, 2.45) is 5.92 Å². The van der Waals surface area contributed by atoms with Crippen molar-refractivity contribution < 1.29 is 4.79 Å². The topological polar surface area (TPSA) is 54.0 Å². The second-order valence-corrected chi connectivity index (χ2v) is 5.04. The highest BCUT2D eigenvalue weighted by Gasteiger charge is 2.28. The Bertz CT molecular complexity index is 359. The van der Waals surface area contributed by atoms with Gasteiger partial charge in [0.25, 0.3) is 0 Å². The zero-order chi connectivity index (χ0) is 10.8. The normalized spacial score (nSPS) is 17.2. The fourth-order valence-corrected chi connectivity index (χ4v) is 2.04. The van der Waals surface area contributed by atoms with Crippen molar-refractivity contribution in [1.29, 1.82) is 0 Å². The first-order valence-corrected chi connectivity index (χ1v) is 6.03. The molecule has 0 saturated heterocycles. The molecule has 1 aromatic heterocycles. The molecule has 1 fully saturated rings. The number of aromatic nitrogens is 1. The number of carbonyl (C=O) groups excluding carboxylic acids is 1. The fourth-order valence-electron chi connectivity index (χ4n) is 1.49. The molecule has 2 rings (SSSR count). The highest BCUT2D eigenvalue weighted by molar-refractivity contribution is 7.09. The summed E-state index contributed by atoms with van der Waals surface area (Å²) in [6.45, 7) is 3.96. The largest absolute Gasteiger partial charge is 0.335 e. The van der Waals surface area contributed by atoms with E-state index in [1.807, 2.05) is 19.2 Å². The van der Waals surface area contributed by atoms with Crippen molar-refractivity contribution in [2.75, 3.05) is 5.32 Å². The lowest BCUT2D eigenvalue weighted by Crippen LogP contribution is -2.37. The zero-order valence-corrected chi connectivity index (χ0v) is 9.73. The van der Waals surface area contributed by atoms with Gasteiger partial charge in [0.05, 0.1) is 5.01 Å². The van der Waals surface area contributed by atoms with Gasteiger partial charge in [-0.05, 0) is 32.6 Å². The molecule has 0 spiro atoms. The van der Waals surface area contributed by atoms with E-state index in [4.69, 9.17) is 0 Å². The molecule has 0 aromatic carbocycles. The van der Waals surface area contributed by atoms with Gasteiger partial charge in [-0.25, -0.2) is 9.78 Å². The van der Waals surface area contributed by atoms with Crippen LogP contribution in [0.15, 0.2) is 5.38 Å². The molecule has 1 heterocycles. The van der Waals surface area contributed by atoms with Crippen LogP contribution in [0.5, 0.6) is 0 Å². The van der Waals surface area contributed by atoms with Gasteiger partial charge in [0.1, 0.15) is 5.82 Å². The van der Waals surface area contributed by atoms with E-state index >= 15 is 0 Å². The molecule has 0 radical (unpaired) electrons. The summed E-state index contributed by atoms with van der Waals surface area (Å²) in [5.41, 5.74) is 0. The third-order valence-electron chi connectivity index (χ3n) is 2.55. The lowest BCUT2D eigenvalue weighted by molar-refractivity contribution is 0.248. The van der Waals surface area contributed by atoms with E-state index in [1.165, 1.54) is 24.2 Å². The summed E-state index contributed by atoms with van der Waals surface area (Å²) in [5.74, 6) is 1.31. The third-order valence-corrected chi connectivity index (χ3v) is 3.32. The van der Waals surface area contributed by atoms with E-state index in [0.717, 1.165) is 5.01 Å². The van der Waals surface area contributed by atoms with E-state index < -0.39 is 0 Å². The van der Waals surface area contributed by atoms with Crippen LogP contribution in [0, 0.1) is 12.8 Å². The summed E-state index contributed by atoms with van der Waals surface area (Å²) in [6, 6.07) is 0.115. The quantitative estimate of drug-likeness (QED) is 0.829. The molecule has 0 bridgehead atoms. The van der Waals surface area contributed by atoms with Crippen molar-refractivity contribution in [3.8, 4) is 0 Å². The van der Waals surface area contributed by atoms with Crippen LogP contribution < -0.4 is 10.6 Å².